The van der Waals surface area contributed by atoms with Crippen molar-refractivity contribution in [2.24, 2.45) is 0 Å². The molecule has 0 saturated heterocycles. The maximum atomic E-state index is 11.0. The van der Waals surface area contributed by atoms with Gasteiger partial charge in [-0.25, -0.2) is 0 Å². The molecule has 2 aromatic rings. The van der Waals surface area contributed by atoms with Crippen molar-refractivity contribution in [3.8, 4) is 11.5 Å². The van der Waals surface area contributed by atoms with Crippen molar-refractivity contribution in [3.05, 3.63) is 57.6 Å². The van der Waals surface area contributed by atoms with E-state index >= 15 is 0 Å². The highest BCUT2D eigenvalue weighted by atomic mass is 79.9. The Balaban J connectivity index is 2.23. The third kappa shape index (κ3) is 3.70. The van der Waals surface area contributed by atoms with E-state index in [-0.39, 0.29) is 6.61 Å². The van der Waals surface area contributed by atoms with Crippen LogP contribution in [0.15, 0.2) is 40.9 Å². The zero-order valence-electron chi connectivity index (χ0n) is 11.3. The highest BCUT2D eigenvalue weighted by molar-refractivity contribution is 9.10. The van der Waals surface area contributed by atoms with Crippen molar-refractivity contribution in [2.75, 3.05) is 7.11 Å². The number of benzene rings is 2. The Morgan fingerprint density at radius 2 is 1.81 bits per heavy atom. The summed E-state index contributed by atoms with van der Waals surface area (Å²) in [5.41, 5.74) is 1.73. The van der Waals surface area contributed by atoms with Crippen LogP contribution in [0.2, 0.25) is 0 Å². The molecule has 21 heavy (non-hydrogen) atoms. The molecule has 2 rings (SSSR count). The van der Waals surface area contributed by atoms with E-state index < -0.39 is 0 Å². The van der Waals surface area contributed by atoms with Crippen molar-refractivity contribution in [1.82, 2.24) is 0 Å². The zero-order valence-corrected chi connectivity index (χ0v) is 12.9. The van der Waals surface area contributed by atoms with Gasteiger partial charge < -0.3 is 9.47 Å². The Morgan fingerprint density at radius 3 is 2.48 bits per heavy atom. The molecule has 0 aliphatic rings. The molecule has 0 aliphatic heterocycles. The lowest BCUT2D eigenvalue weighted by Crippen LogP contribution is -2.01. The van der Waals surface area contributed by atoms with Gasteiger partial charge in [0.25, 0.3) is 0 Å². The summed E-state index contributed by atoms with van der Waals surface area (Å²) in [5, 5.41) is 0. The summed E-state index contributed by atoms with van der Waals surface area (Å²) in [7, 11) is 1.55. The van der Waals surface area contributed by atoms with E-state index in [1.54, 1.807) is 43.5 Å². The highest BCUT2D eigenvalue weighted by Gasteiger charge is 2.08. The molecule has 0 fully saturated rings. The van der Waals surface area contributed by atoms with E-state index in [4.69, 9.17) is 9.47 Å². The molecular weight excluding hydrogens is 336 g/mol. The van der Waals surface area contributed by atoms with Gasteiger partial charge >= 0.3 is 0 Å². The standard InChI is InChI=1S/C16H13BrO4/c1-20-15-4-2-11(8-18)6-13(15)10-21-16-5-3-14(17)7-12(16)9-19/h2-9H,10H2,1H3. The SMILES string of the molecule is COc1ccc(C=O)cc1COc1ccc(Br)cc1C=O. The predicted octanol–water partition coefficient (Wildman–Crippen LogP) is 3.66. The van der Waals surface area contributed by atoms with Gasteiger partial charge in [0.15, 0.2) is 6.29 Å². The Kier molecular flexibility index (Phi) is 5.11. The molecule has 0 saturated carbocycles. The maximum absolute atomic E-state index is 11.0. The molecule has 0 bridgehead atoms. The third-order valence-corrected chi connectivity index (χ3v) is 3.42. The first-order valence-corrected chi connectivity index (χ1v) is 6.97. The quantitative estimate of drug-likeness (QED) is 0.747. The van der Waals surface area contributed by atoms with E-state index in [2.05, 4.69) is 15.9 Å². The fourth-order valence-electron chi connectivity index (χ4n) is 1.88. The number of carbonyl (C=O) groups is 2. The van der Waals surface area contributed by atoms with E-state index in [1.165, 1.54) is 0 Å². The fourth-order valence-corrected chi connectivity index (χ4v) is 2.26. The summed E-state index contributed by atoms with van der Waals surface area (Å²) in [6.45, 7) is 0.202. The number of rotatable bonds is 6. The smallest absolute Gasteiger partial charge is 0.153 e. The molecular formula is C16H13BrO4. The molecule has 108 valence electrons. The average Bonchev–Trinajstić information content (AvgIpc) is 2.53. The van der Waals surface area contributed by atoms with Gasteiger partial charge in [0.1, 0.15) is 24.4 Å². The zero-order chi connectivity index (χ0) is 15.2. The van der Waals surface area contributed by atoms with E-state index in [0.717, 1.165) is 22.6 Å². The lowest BCUT2D eigenvalue weighted by Gasteiger charge is -2.12. The topological polar surface area (TPSA) is 52.6 Å². The van der Waals surface area contributed by atoms with Crippen molar-refractivity contribution >= 4 is 28.5 Å². The maximum Gasteiger partial charge on any atom is 0.153 e. The van der Waals surface area contributed by atoms with Gasteiger partial charge in [-0.15, -0.1) is 0 Å². The minimum Gasteiger partial charge on any atom is -0.496 e. The number of carbonyl (C=O) groups excluding carboxylic acids is 2. The predicted molar refractivity (Wildman–Crippen MR) is 82.2 cm³/mol. The number of hydrogen-bond acceptors (Lipinski definition) is 4. The summed E-state index contributed by atoms with van der Waals surface area (Å²) >= 11 is 3.30. The van der Waals surface area contributed by atoms with Crippen LogP contribution >= 0.6 is 15.9 Å². The summed E-state index contributed by atoms with van der Waals surface area (Å²) in [6.07, 6.45) is 1.50. The number of methoxy groups -OCH3 is 1. The Morgan fingerprint density at radius 1 is 1.05 bits per heavy atom. The van der Waals surface area contributed by atoms with Crippen LogP contribution in [0.5, 0.6) is 11.5 Å². The lowest BCUT2D eigenvalue weighted by atomic mass is 10.1. The van der Waals surface area contributed by atoms with Crippen LogP contribution < -0.4 is 9.47 Å². The first-order chi connectivity index (χ1) is 10.2. The number of hydrogen-bond donors (Lipinski definition) is 0. The molecule has 0 heterocycles. The van der Waals surface area contributed by atoms with E-state index in [9.17, 15) is 9.59 Å². The number of halogens is 1. The number of aldehydes is 2. The van der Waals surface area contributed by atoms with Gasteiger partial charge in [-0.2, -0.15) is 0 Å². The molecule has 5 heteroatoms. The summed E-state index contributed by atoms with van der Waals surface area (Å²) < 4.78 is 11.7. The number of ether oxygens (including phenoxy) is 2. The molecule has 0 aromatic heterocycles. The molecule has 4 nitrogen and oxygen atoms in total. The third-order valence-electron chi connectivity index (χ3n) is 2.92. The van der Waals surface area contributed by atoms with E-state index in [1.807, 2.05) is 0 Å². The monoisotopic (exact) mass is 348 g/mol. The van der Waals surface area contributed by atoms with Crippen LogP contribution in [0, 0.1) is 0 Å². The van der Waals surface area contributed by atoms with Gasteiger partial charge in [-0.3, -0.25) is 9.59 Å². The van der Waals surface area contributed by atoms with Gasteiger partial charge in [-0.05, 0) is 36.4 Å². The summed E-state index contributed by atoms with van der Waals surface area (Å²) in [6, 6.07) is 10.3. The molecule has 0 radical (unpaired) electrons. The second kappa shape index (κ2) is 7.04. The van der Waals surface area contributed by atoms with Crippen LogP contribution in [0.25, 0.3) is 0 Å². The largest absolute Gasteiger partial charge is 0.496 e. The highest BCUT2D eigenvalue weighted by Crippen LogP contribution is 2.25. The van der Waals surface area contributed by atoms with Crippen LogP contribution in [-0.4, -0.2) is 19.7 Å². The second-order valence-corrected chi connectivity index (χ2v) is 5.19. The molecule has 0 spiro atoms. The first kappa shape index (κ1) is 15.3. The first-order valence-electron chi connectivity index (χ1n) is 6.17. The molecule has 0 unspecified atom stereocenters. The van der Waals surface area contributed by atoms with Crippen molar-refractivity contribution in [3.63, 3.8) is 0 Å². The average molecular weight is 349 g/mol. The van der Waals surface area contributed by atoms with Crippen molar-refractivity contribution < 1.29 is 19.1 Å². The lowest BCUT2D eigenvalue weighted by molar-refractivity contribution is 0.111. The molecule has 0 atom stereocenters. The summed E-state index contributed by atoms with van der Waals surface area (Å²) in [5.74, 6) is 1.11. The van der Waals surface area contributed by atoms with Crippen molar-refractivity contribution in [2.45, 2.75) is 6.61 Å². The Labute approximate surface area is 130 Å². The van der Waals surface area contributed by atoms with Crippen LogP contribution in [0.3, 0.4) is 0 Å². The van der Waals surface area contributed by atoms with Gasteiger partial charge in [-0.1, -0.05) is 15.9 Å². The minimum atomic E-state index is 0.202. The molecule has 0 aliphatic carbocycles. The van der Waals surface area contributed by atoms with Gasteiger partial charge in [0.05, 0.1) is 12.7 Å². The van der Waals surface area contributed by atoms with Gasteiger partial charge in [0, 0.05) is 15.6 Å². The normalized spacial score (nSPS) is 10.0. The second-order valence-electron chi connectivity index (χ2n) is 4.28. The summed E-state index contributed by atoms with van der Waals surface area (Å²) in [4.78, 5) is 21.9. The van der Waals surface area contributed by atoms with E-state index in [0.29, 0.717) is 22.6 Å². The molecule has 0 N–H and O–H groups in total. The molecule has 2 aromatic carbocycles. The van der Waals surface area contributed by atoms with Gasteiger partial charge in [0.2, 0.25) is 0 Å². The minimum absolute atomic E-state index is 0.202. The van der Waals surface area contributed by atoms with Crippen LogP contribution in [0.4, 0.5) is 0 Å². The molecule has 0 amide bonds. The fraction of sp³-hybridized carbons (Fsp3) is 0.125. The van der Waals surface area contributed by atoms with Crippen LogP contribution in [-0.2, 0) is 6.61 Å². The van der Waals surface area contributed by atoms with Crippen LogP contribution in [0.1, 0.15) is 26.3 Å². The van der Waals surface area contributed by atoms with Crippen molar-refractivity contribution in [1.29, 1.82) is 0 Å². The Hall–Kier alpha value is -2.14. The Bertz CT molecular complexity index is 667.